The zero-order chi connectivity index (χ0) is 15.9. The molecule has 5 nitrogen and oxygen atoms in total. The van der Waals surface area contributed by atoms with E-state index in [4.69, 9.17) is 9.84 Å². The minimum Gasteiger partial charge on any atom is -0.457 e. The third kappa shape index (κ3) is 4.30. The van der Waals surface area contributed by atoms with Crippen molar-refractivity contribution in [1.82, 2.24) is 10.3 Å². The van der Waals surface area contributed by atoms with Gasteiger partial charge in [0.1, 0.15) is 11.5 Å². The Balaban J connectivity index is 2.06. The molecular weight excluding hydrogens is 280 g/mol. The molecule has 0 saturated carbocycles. The minimum absolute atomic E-state index is 0.000186. The smallest absolute Gasteiger partial charge is 0.251 e. The van der Waals surface area contributed by atoms with Gasteiger partial charge in [0, 0.05) is 30.6 Å². The third-order valence-electron chi connectivity index (χ3n) is 3.48. The Kier molecular flexibility index (Phi) is 5.49. The van der Waals surface area contributed by atoms with Crippen molar-refractivity contribution in [1.29, 1.82) is 0 Å². The van der Waals surface area contributed by atoms with Crippen LogP contribution in [0.15, 0.2) is 48.8 Å². The number of ether oxygens (including phenoxy) is 1. The lowest BCUT2D eigenvalue weighted by Crippen LogP contribution is -2.38. The van der Waals surface area contributed by atoms with E-state index in [2.05, 4.69) is 10.3 Å². The number of nitrogens with one attached hydrogen (secondary N) is 1. The minimum atomic E-state index is -0.187. The SMILES string of the molecule is CC(CO)C(C)NC(=O)c1cccc(Oc2ccncc2)c1. The van der Waals surface area contributed by atoms with E-state index in [1.54, 1.807) is 48.8 Å². The highest BCUT2D eigenvalue weighted by atomic mass is 16.5. The number of carbonyl (C=O) groups is 1. The summed E-state index contributed by atoms with van der Waals surface area (Å²) < 4.78 is 5.68. The largest absolute Gasteiger partial charge is 0.457 e. The van der Waals surface area contributed by atoms with Crippen LogP contribution in [-0.4, -0.2) is 28.6 Å². The van der Waals surface area contributed by atoms with Gasteiger partial charge in [-0.15, -0.1) is 0 Å². The fourth-order valence-electron chi connectivity index (χ4n) is 1.83. The molecule has 0 saturated heterocycles. The van der Waals surface area contributed by atoms with Crippen LogP contribution in [0, 0.1) is 5.92 Å². The highest BCUT2D eigenvalue weighted by Crippen LogP contribution is 2.21. The first kappa shape index (κ1) is 16.0. The van der Waals surface area contributed by atoms with Crippen molar-refractivity contribution in [2.75, 3.05) is 6.61 Å². The quantitative estimate of drug-likeness (QED) is 0.860. The van der Waals surface area contributed by atoms with E-state index in [9.17, 15) is 4.79 Å². The first-order chi connectivity index (χ1) is 10.6. The summed E-state index contributed by atoms with van der Waals surface area (Å²) in [6, 6.07) is 10.4. The molecule has 0 spiro atoms. The standard InChI is InChI=1S/C17H20N2O3/c1-12(11-20)13(2)19-17(21)14-4-3-5-16(10-14)22-15-6-8-18-9-7-15/h3-10,12-13,20H,11H2,1-2H3,(H,19,21). The van der Waals surface area contributed by atoms with Crippen molar-refractivity contribution < 1.29 is 14.6 Å². The second-order valence-electron chi connectivity index (χ2n) is 5.23. The number of hydrogen-bond donors (Lipinski definition) is 2. The Hall–Kier alpha value is -2.40. The summed E-state index contributed by atoms with van der Waals surface area (Å²) in [4.78, 5) is 16.1. The van der Waals surface area contributed by atoms with Gasteiger partial charge >= 0.3 is 0 Å². The Labute approximate surface area is 130 Å². The molecule has 1 aromatic heterocycles. The molecule has 2 atom stereocenters. The molecule has 116 valence electrons. The van der Waals surface area contributed by atoms with E-state index in [0.717, 1.165) is 0 Å². The summed E-state index contributed by atoms with van der Waals surface area (Å²) in [6.45, 7) is 3.79. The first-order valence-corrected chi connectivity index (χ1v) is 7.20. The van der Waals surface area contributed by atoms with Gasteiger partial charge in [0.15, 0.2) is 0 Å². The van der Waals surface area contributed by atoms with Crippen molar-refractivity contribution in [2.24, 2.45) is 5.92 Å². The molecule has 0 bridgehead atoms. The van der Waals surface area contributed by atoms with Crippen LogP contribution in [0.2, 0.25) is 0 Å². The van der Waals surface area contributed by atoms with Gasteiger partial charge in [-0.1, -0.05) is 13.0 Å². The highest BCUT2D eigenvalue weighted by Gasteiger charge is 2.15. The first-order valence-electron chi connectivity index (χ1n) is 7.20. The Morgan fingerprint density at radius 3 is 2.64 bits per heavy atom. The van der Waals surface area contributed by atoms with Crippen LogP contribution in [0.1, 0.15) is 24.2 Å². The topological polar surface area (TPSA) is 71.5 Å². The number of amides is 1. The second-order valence-corrected chi connectivity index (χ2v) is 5.23. The zero-order valence-electron chi connectivity index (χ0n) is 12.7. The number of rotatable bonds is 6. The molecule has 2 rings (SSSR count). The summed E-state index contributed by atoms with van der Waals surface area (Å²) >= 11 is 0. The van der Waals surface area contributed by atoms with E-state index < -0.39 is 0 Å². The van der Waals surface area contributed by atoms with E-state index in [1.165, 1.54) is 0 Å². The number of aliphatic hydroxyl groups excluding tert-OH is 1. The van der Waals surface area contributed by atoms with Gasteiger partial charge in [-0.3, -0.25) is 9.78 Å². The van der Waals surface area contributed by atoms with Crippen molar-refractivity contribution in [3.8, 4) is 11.5 Å². The van der Waals surface area contributed by atoms with Crippen molar-refractivity contribution >= 4 is 5.91 Å². The number of carbonyl (C=O) groups excluding carboxylic acids is 1. The van der Waals surface area contributed by atoms with Crippen LogP contribution in [0.3, 0.4) is 0 Å². The summed E-state index contributed by atoms with van der Waals surface area (Å²) in [5.74, 6) is 1.06. The van der Waals surface area contributed by atoms with E-state index in [0.29, 0.717) is 17.1 Å². The maximum Gasteiger partial charge on any atom is 0.251 e. The molecule has 22 heavy (non-hydrogen) atoms. The maximum atomic E-state index is 12.2. The molecular formula is C17H20N2O3. The van der Waals surface area contributed by atoms with E-state index >= 15 is 0 Å². The van der Waals surface area contributed by atoms with Crippen molar-refractivity contribution in [3.05, 3.63) is 54.4 Å². The second kappa shape index (κ2) is 7.56. The number of hydrogen-bond acceptors (Lipinski definition) is 4. The van der Waals surface area contributed by atoms with Crippen molar-refractivity contribution in [3.63, 3.8) is 0 Å². The molecule has 0 aliphatic rings. The van der Waals surface area contributed by atoms with Crippen LogP contribution >= 0.6 is 0 Å². The lowest BCUT2D eigenvalue weighted by molar-refractivity contribution is 0.0916. The maximum absolute atomic E-state index is 12.2. The molecule has 0 aliphatic carbocycles. The molecule has 1 amide bonds. The molecule has 1 heterocycles. The summed E-state index contributed by atoms with van der Waals surface area (Å²) in [5.41, 5.74) is 0.517. The fourth-order valence-corrected chi connectivity index (χ4v) is 1.83. The van der Waals surface area contributed by atoms with Gasteiger partial charge in [0.25, 0.3) is 5.91 Å². The van der Waals surface area contributed by atoms with Crippen LogP contribution < -0.4 is 10.1 Å². The van der Waals surface area contributed by atoms with Crippen LogP contribution in [-0.2, 0) is 0 Å². The molecule has 1 aromatic carbocycles. The van der Waals surface area contributed by atoms with Crippen LogP contribution in [0.4, 0.5) is 0 Å². The van der Waals surface area contributed by atoms with Gasteiger partial charge in [0.2, 0.25) is 0 Å². The Morgan fingerprint density at radius 2 is 1.95 bits per heavy atom. The van der Waals surface area contributed by atoms with E-state index in [1.807, 2.05) is 13.8 Å². The third-order valence-corrected chi connectivity index (χ3v) is 3.48. The van der Waals surface area contributed by atoms with Gasteiger partial charge in [0.05, 0.1) is 0 Å². The normalized spacial score (nSPS) is 13.2. The predicted octanol–water partition coefficient (Wildman–Crippen LogP) is 2.62. The predicted molar refractivity (Wildman–Crippen MR) is 83.9 cm³/mol. The number of aliphatic hydroxyl groups is 1. The van der Waals surface area contributed by atoms with E-state index in [-0.39, 0.29) is 24.5 Å². The van der Waals surface area contributed by atoms with Gasteiger partial charge in [-0.05, 0) is 43.2 Å². The molecule has 0 aliphatic heterocycles. The number of pyridine rings is 1. The Morgan fingerprint density at radius 1 is 1.23 bits per heavy atom. The number of benzene rings is 1. The lowest BCUT2D eigenvalue weighted by atomic mass is 10.0. The summed E-state index contributed by atoms with van der Waals surface area (Å²) in [5, 5.41) is 12.0. The molecule has 0 radical (unpaired) electrons. The molecule has 0 fully saturated rings. The molecule has 2 N–H and O–H groups in total. The summed E-state index contributed by atoms with van der Waals surface area (Å²) in [6.07, 6.45) is 3.29. The lowest BCUT2D eigenvalue weighted by Gasteiger charge is -2.19. The molecule has 2 unspecified atom stereocenters. The Bertz CT molecular complexity index is 616. The monoisotopic (exact) mass is 300 g/mol. The van der Waals surface area contributed by atoms with Crippen LogP contribution in [0.25, 0.3) is 0 Å². The van der Waals surface area contributed by atoms with Gasteiger partial charge in [-0.25, -0.2) is 0 Å². The van der Waals surface area contributed by atoms with Crippen molar-refractivity contribution in [2.45, 2.75) is 19.9 Å². The zero-order valence-corrected chi connectivity index (χ0v) is 12.7. The van der Waals surface area contributed by atoms with Gasteiger partial charge < -0.3 is 15.2 Å². The number of nitrogens with zero attached hydrogens (tertiary/aromatic N) is 1. The molecule has 5 heteroatoms. The summed E-state index contributed by atoms with van der Waals surface area (Å²) in [7, 11) is 0. The highest BCUT2D eigenvalue weighted by molar-refractivity contribution is 5.94. The molecule has 2 aromatic rings. The average Bonchev–Trinajstić information content (AvgIpc) is 2.55. The van der Waals surface area contributed by atoms with Crippen LogP contribution in [0.5, 0.6) is 11.5 Å². The number of aromatic nitrogens is 1. The fraction of sp³-hybridized carbons (Fsp3) is 0.294. The average molecular weight is 300 g/mol. The van der Waals surface area contributed by atoms with Gasteiger partial charge in [-0.2, -0.15) is 0 Å².